The maximum absolute atomic E-state index is 11.7. The molecule has 2 rings (SSSR count). The molecule has 0 aliphatic carbocycles. The van der Waals surface area contributed by atoms with E-state index in [1.807, 2.05) is 36.4 Å². The average Bonchev–Trinajstić information content (AvgIpc) is 2.46. The summed E-state index contributed by atoms with van der Waals surface area (Å²) in [5.41, 5.74) is 2.98. The molecule has 2 N–H and O–H groups in total. The molecule has 0 atom stereocenters. The molecule has 2 amide bonds. The van der Waals surface area contributed by atoms with E-state index in [-0.39, 0.29) is 6.03 Å². The van der Waals surface area contributed by atoms with Crippen LogP contribution in [-0.2, 0) is 13.0 Å². The van der Waals surface area contributed by atoms with Gasteiger partial charge in [0.15, 0.2) is 0 Å². The van der Waals surface area contributed by atoms with Gasteiger partial charge >= 0.3 is 6.03 Å². The number of anilines is 1. The van der Waals surface area contributed by atoms with E-state index in [0.717, 1.165) is 17.7 Å². The van der Waals surface area contributed by atoms with Crippen molar-refractivity contribution < 1.29 is 4.79 Å². The van der Waals surface area contributed by atoms with Crippen LogP contribution in [0.15, 0.2) is 48.8 Å². The first-order valence-corrected chi connectivity index (χ1v) is 6.30. The normalized spacial score (nSPS) is 9.95. The van der Waals surface area contributed by atoms with Crippen LogP contribution < -0.4 is 10.6 Å². The largest absolute Gasteiger partial charge is 0.334 e. The van der Waals surface area contributed by atoms with Gasteiger partial charge in [-0.3, -0.25) is 4.98 Å². The molecule has 1 heterocycles. The van der Waals surface area contributed by atoms with E-state index in [4.69, 9.17) is 0 Å². The number of benzene rings is 1. The van der Waals surface area contributed by atoms with E-state index in [2.05, 4.69) is 22.5 Å². The molecule has 19 heavy (non-hydrogen) atoms. The molecule has 0 spiro atoms. The summed E-state index contributed by atoms with van der Waals surface area (Å²) in [6.45, 7) is 2.55. The summed E-state index contributed by atoms with van der Waals surface area (Å²) in [6, 6.07) is 11.4. The fraction of sp³-hybridized carbons (Fsp3) is 0.200. The molecular formula is C15H17N3O. The molecule has 0 aliphatic heterocycles. The minimum absolute atomic E-state index is 0.211. The number of aryl methyl sites for hydroxylation is 1. The lowest BCUT2D eigenvalue weighted by atomic mass is 10.1. The molecule has 98 valence electrons. The van der Waals surface area contributed by atoms with Gasteiger partial charge in [-0.15, -0.1) is 0 Å². The zero-order valence-corrected chi connectivity index (χ0v) is 10.9. The van der Waals surface area contributed by atoms with E-state index in [1.165, 1.54) is 5.56 Å². The number of carbonyl (C=O) groups excluding carboxylic acids is 1. The minimum atomic E-state index is -0.211. The Balaban J connectivity index is 1.87. The quantitative estimate of drug-likeness (QED) is 0.882. The Morgan fingerprint density at radius 3 is 2.79 bits per heavy atom. The Kier molecular flexibility index (Phi) is 4.50. The number of amides is 2. The molecule has 4 nitrogen and oxygen atoms in total. The average molecular weight is 255 g/mol. The molecule has 0 aliphatic rings. The summed E-state index contributed by atoms with van der Waals surface area (Å²) >= 11 is 0. The van der Waals surface area contributed by atoms with Gasteiger partial charge in [-0.25, -0.2) is 4.79 Å². The van der Waals surface area contributed by atoms with Crippen LogP contribution in [0.3, 0.4) is 0 Å². The zero-order chi connectivity index (χ0) is 13.5. The topological polar surface area (TPSA) is 54.0 Å². The van der Waals surface area contributed by atoms with Gasteiger partial charge in [-0.2, -0.15) is 0 Å². The van der Waals surface area contributed by atoms with Crippen LogP contribution in [-0.4, -0.2) is 11.0 Å². The molecule has 0 saturated heterocycles. The molecule has 0 fully saturated rings. The van der Waals surface area contributed by atoms with E-state index in [9.17, 15) is 4.79 Å². The Labute approximate surface area is 112 Å². The van der Waals surface area contributed by atoms with Crippen LogP contribution in [0, 0.1) is 0 Å². The number of hydrogen-bond donors (Lipinski definition) is 2. The van der Waals surface area contributed by atoms with Crippen molar-refractivity contribution in [3.05, 3.63) is 59.9 Å². The summed E-state index contributed by atoms with van der Waals surface area (Å²) < 4.78 is 0. The molecule has 4 heteroatoms. The number of rotatable bonds is 4. The lowest BCUT2D eigenvalue weighted by Gasteiger charge is -2.08. The number of nitrogens with zero attached hydrogens (tertiary/aromatic N) is 1. The smallest absolute Gasteiger partial charge is 0.319 e. The number of urea groups is 1. The van der Waals surface area contributed by atoms with Crippen LogP contribution in [0.2, 0.25) is 0 Å². The van der Waals surface area contributed by atoms with Crippen LogP contribution in [0.25, 0.3) is 0 Å². The first-order valence-electron chi connectivity index (χ1n) is 6.30. The maximum Gasteiger partial charge on any atom is 0.319 e. The summed E-state index contributed by atoms with van der Waals surface area (Å²) in [7, 11) is 0. The van der Waals surface area contributed by atoms with E-state index < -0.39 is 0 Å². The Morgan fingerprint density at radius 1 is 1.21 bits per heavy atom. The number of nitrogens with one attached hydrogen (secondary N) is 2. The fourth-order valence-electron chi connectivity index (χ4n) is 1.73. The third-order valence-corrected chi connectivity index (χ3v) is 2.77. The number of aromatic nitrogens is 1. The summed E-state index contributed by atoms with van der Waals surface area (Å²) in [5, 5.41) is 5.61. The zero-order valence-electron chi connectivity index (χ0n) is 10.9. The van der Waals surface area contributed by atoms with E-state index >= 15 is 0 Å². The third kappa shape index (κ3) is 4.10. The van der Waals surface area contributed by atoms with Gasteiger partial charge in [0.25, 0.3) is 0 Å². The maximum atomic E-state index is 11.7. The van der Waals surface area contributed by atoms with E-state index in [1.54, 1.807) is 12.4 Å². The molecule has 2 aromatic rings. The summed E-state index contributed by atoms with van der Waals surface area (Å²) in [4.78, 5) is 15.7. The first-order chi connectivity index (χ1) is 9.28. The van der Waals surface area contributed by atoms with Crippen molar-refractivity contribution in [3.63, 3.8) is 0 Å². The van der Waals surface area contributed by atoms with Crippen molar-refractivity contribution in [2.45, 2.75) is 19.9 Å². The highest BCUT2D eigenvalue weighted by molar-refractivity contribution is 5.89. The van der Waals surface area contributed by atoms with Crippen LogP contribution in [0.4, 0.5) is 10.5 Å². The van der Waals surface area contributed by atoms with Gasteiger partial charge in [0, 0.05) is 24.6 Å². The van der Waals surface area contributed by atoms with Gasteiger partial charge in [-0.1, -0.05) is 25.1 Å². The molecule has 0 saturated carbocycles. The highest BCUT2D eigenvalue weighted by Gasteiger charge is 2.02. The van der Waals surface area contributed by atoms with Crippen molar-refractivity contribution in [3.8, 4) is 0 Å². The van der Waals surface area contributed by atoms with Crippen molar-refractivity contribution in [2.75, 3.05) is 5.32 Å². The number of carbonyl (C=O) groups is 1. The van der Waals surface area contributed by atoms with Crippen molar-refractivity contribution >= 4 is 11.7 Å². The molecule has 0 bridgehead atoms. The van der Waals surface area contributed by atoms with Crippen LogP contribution in [0.1, 0.15) is 18.1 Å². The predicted molar refractivity (Wildman–Crippen MR) is 75.9 cm³/mol. The Bertz CT molecular complexity index is 540. The van der Waals surface area contributed by atoms with Gasteiger partial charge in [0.2, 0.25) is 0 Å². The monoisotopic (exact) mass is 255 g/mol. The lowest BCUT2D eigenvalue weighted by Crippen LogP contribution is -2.28. The highest BCUT2D eigenvalue weighted by Crippen LogP contribution is 2.10. The predicted octanol–water partition coefficient (Wildman–Crippen LogP) is 2.97. The highest BCUT2D eigenvalue weighted by atomic mass is 16.2. The van der Waals surface area contributed by atoms with Gasteiger partial charge in [0.05, 0.1) is 0 Å². The van der Waals surface area contributed by atoms with Crippen LogP contribution in [0.5, 0.6) is 0 Å². The van der Waals surface area contributed by atoms with Gasteiger partial charge < -0.3 is 10.6 Å². The van der Waals surface area contributed by atoms with Gasteiger partial charge in [-0.05, 0) is 35.7 Å². The second-order valence-corrected chi connectivity index (χ2v) is 4.22. The van der Waals surface area contributed by atoms with Crippen molar-refractivity contribution in [1.82, 2.24) is 10.3 Å². The number of pyridine rings is 1. The second-order valence-electron chi connectivity index (χ2n) is 4.22. The molecule has 0 unspecified atom stereocenters. The van der Waals surface area contributed by atoms with E-state index in [0.29, 0.717) is 6.54 Å². The Morgan fingerprint density at radius 2 is 2.05 bits per heavy atom. The Hall–Kier alpha value is -2.36. The number of hydrogen-bond acceptors (Lipinski definition) is 2. The van der Waals surface area contributed by atoms with Gasteiger partial charge in [0.1, 0.15) is 0 Å². The van der Waals surface area contributed by atoms with Crippen molar-refractivity contribution in [2.24, 2.45) is 0 Å². The molecular weight excluding hydrogens is 238 g/mol. The minimum Gasteiger partial charge on any atom is -0.334 e. The summed E-state index contributed by atoms with van der Waals surface area (Å²) in [5.74, 6) is 0. The molecule has 1 aromatic carbocycles. The standard InChI is InChI=1S/C15H17N3O/c1-2-12-5-3-7-14(9-12)18-15(19)17-11-13-6-4-8-16-10-13/h3-10H,2,11H2,1H3,(H2,17,18,19). The van der Waals surface area contributed by atoms with Crippen molar-refractivity contribution in [1.29, 1.82) is 0 Å². The summed E-state index contributed by atoms with van der Waals surface area (Å²) in [6.07, 6.45) is 4.39. The fourth-order valence-corrected chi connectivity index (χ4v) is 1.73. The lowest BCUT2D eigenvalue weighted by molar-refractivity contribution is 0.251. The molecule has 1 aromatic heterocycles. The third-order valence-electron chi connectivity index (χ3n) is 2.77. The first kappa shape index (κ1) is 13.1. The van der Waals surface area contributed by atoms with Crippen LogP contribution >= 0.6 is 0 Å². The SMILES string of the molecule is CCc1cccc(NC(=O)NCc2cccnc2)c1. The molecule has 0 radical (unpaired) electrons. The second kappa shape index (κ2) is 6.54.